The molecule has 1 heterocycles. The molecule has 0 radical (unpaired) electrons. The molecule has 1 aliphatic rings. The summed E-state index contributed by atoms with van der Waals surface area (Å²) in [5, 5.41) is 38.3. The number of hydrogen-bond acceptors (Lipinski definition) is 8. The van der Waals surface area contributed by atoms with Gasteiger partial charge in [-0.25, -0.2) is 4.79 Å². The summed E-state index contributed by atoms with van der Waals surface area (Å²) in [7, 11) is 1.54. The molecule has 0 amide bonds. The van der Waals surface area contributed by atoms with Crippen molar-refractivity contribution >= 4 is 17.8 Å². The third-order valence-electron chi connectivity index (χ3n) is 4.11. The number of ketones is 1. The molecular formula is C18H22O9. The number of carboxylic acids is 1. The van der Waals surface area contributed by atoms with E-state index in [4.69, 9.17) is 19.3 Å². The largest absolute Gasteiger partial charge is 0.497 e. The molecule has 0 aromatic heterocycles. The van der Waals surface area contributed by atoms with E-state index in [9.17, 15) is 24.9 Å². The molecule has 6 unspecified atom stereocenters. The molecule has 0 aliphatic carbocycles. The van der Waals surface area contributed by atoms with E-state index in [1.165, 1.54) is 13.0 Å². The van der Waals surface area contributed by atoms with Crippen molar-refractivity contribution in [3.8, 4) is 5.75 Å². The van der Waals surface area contributed by atoms with Crippen LogP contribution < -0.4 is 4.74 Å². The van der Waals surface area contributed by atoms with Gasteiger partial charge in [0, 0.05) is 0 Å². The average molecular weight is 382 g/mol. The number of carbonyl (C=O) groups excluding carboxylic acids is 1. The molecule has 1 aromatic rings. The molecule has 148 valence electrons. The van der Waals surface area contributed by atoms with Gasteiger partial charge in [-0.2, -0.15) is 0 Å². The topological polar surface area (TPSA) is 143 Å². The number of hydrogen-bond donors (Lipinski definition) is 4. The van der Waals surface area contributed by atoms with Gasteiger partial charge in [0.15, 0.2) is 18.2 Å². The van der Waals surface area contributed by atoms with Crippen molar-refractivity contribution in [2.45, 2.75) is 43.7 Å². The minimum absolute atomic E-state index is 0.464. The van der Waals surface area contributed by atoms with Gasteiger partial charge in [0.2, 0.25) is 0 Å². The predicted octanol–water partition coefficient (Wildman–Crippen LogP) is -0.425. The van der Waals surface area contributed by atoms with Crippen molar-refractivity contribution in [2.24, 2.45) is 0 Å². The van der Waals surface area contributed by atoms with Gasteiger partial charge in [0.05, 0.1) is 7.11 Å². The molecule has 4 N–H and O–H groups in total. The maximum atomic E-state index is 12.2. The number of carbonyl (C=O) groups is 2. The number of methoxy groups -OCH3 is 1. The fraction of sp³-hybridized carbons (Fsp3) is 0.444. The summed E-state index contributed by atoms with van der Waals surface area (Å²) in [5.41, 5.74) is 0.745. The van der Waals surface area contributed by atoms with Crippen molar-refractivity contribution in [1.29, 1.82) is 0 Å². The number of carboxylic acid groups (broad SMARTS) is 1. The van der Waals surface area contributed by atoms with E-state index in [0.717, 1.165) is 5.56 Å². The third kappa shape index (κ3) is 5.12. The highest BCUT2D eigenvalue weighted by Gasteiger charge is 2.48. The van der Waals surface area contributed by atoms with Crippen LogP contribution >= 0.6 is 0 Å². The highest BCUT2D eigenvalue weighted by Crippen LogP contribution is 2.23. The Labute approximate surface area is 155 Å². The standard InChI is InChI=1S/C18H22O9/c1-9(12(19)8-5-10-3-6-11(25-2)7-4-10)26-18-15(22)13(20)14(21)16(27-18)17(23)24/h3-9,13-16,18,20-22H,1-2H3,(H,23,24)/b8-5+. The number of benzene rings is 1. The fourth-order valence-corrected chi connectivity index (χ4v) is 2.46. The molecule has 0 bridgehead atoms. The van der Waals surface area contributed by atoms with E-state index in [2.05, 4.69) is 0 Å². The summed E-state index contributed by atoms with van der Waals surface area (Å²) in [5.74, 6) is -1.32. The minimum Gasteiger partial charge on any atom is -0.497 e. The molecule has 27 heavy (non-hydrogen) atoms. The van der Waals surface area contributed by atoms with Gasteiger partial charge < -0.3 is 34.6 Å². The summed E-state index contributed by atoms with van der Waals surface area (Å²) < 4.78 is 15.3. The van der Waals surface area contributed by atoms with E-state index in [-0.39, 0.29) is 0 Å². The summed E-state index contributed by atoms with van der Waals surface area (Å²) in [6.45, 7) is 1.39. The lowest BCUT2D eigenvalue weighted by Crippen LogP contribution is -2.61. The highest BCUT2D eigenvalue weighted by molar-refractivity contribution is 5.96. The lowest BCUT2D eigenvalue weighted by molar-refractivity contribution is -0.299. The quantitative estimate of drug-likeness (QED) is 0.462. The van der Waals surface area contributed by atoms with Crippen molar-refractivity contribution in [3.63, 3.8) is 0 Å². The van der Waals surface area contributed by atoms with Gasteiger partial charge in [-0.1, -0.05) is 18.2 Å². The first-order chi connectivity index (χ1) is 12.7. The maximum Gasteiger partial charge on any atom is 0.335 e. The Balaban J connectivity index is 1.99. The molecule has 1 aromatic carbocycles. The molecule has 9 nitrogen and oxygen atoms in total. The fourth-order valence-electron chi connectivity index (χ4n) is 2.46. The smallest absolute Gasteiger partial charge is 0.335 e. The Bertz CT molecular complexity index is 685. The van der Waals surface area contributed by atoms with Crippen molar-refractivity contribution in [2.75, 3.05) is 7.11 Å². The summed E-state index contributed by atoms with van der Waals surface area (Å²) in [4.78, 5) is 23.2. The van der Waals surface area contributed by atoms with Crippen LogP contribution in [-0.2, 0) is 19.1 Å². The summed E-state index contributed by atoms with van der Waals surface area (Å²) >= 11 is 0. The zero-order valence-corrected chi connectivity index (χ0v) is 14.8. The first-order valence-electron chi connectivity index (χ1n) is 8.18. The lowest BCUT2D eigenvalue weighted by Gasteiger charge is -2.39. The Morgan fingerprint density at radius 2 is 1.74 bits per heavy atom. The Morgan fingerprint density at radius 3 is 2.30 bits per heavy atom. The van der Waals surface area contributed by atoms with E-state index in [0.29, 0.717) is 5.75 Å². The van der Waals surface area contributed by atoms with E-state index < -0.39 is 48.6 Å². The van der Waals surface area contributed by atoms with Gasteiger partial charge in [0.1, 0.15) is 30.2 Å². The molecule has 6 atom stereocenters. The number of rotatable bonds is 7. The molecule has 0 spiro atoms. The number of aliphatic carboxylic acids is 1. The zero-order chi connectivity index (χ0) is 20.1. The van der Waals surface area contributed by atoms with Gasteiger partial charge in [-0.3, -0.25) is 4.79 Å². The van der Waals surface area contributed by atoms with E-state index in [1.807, 2.05) is 0 Å². The van der Waals surface area contributed by atoms with Crippen LogP contribution in [0.25, 0.3) is 6.08 Å². The second-order valence-electron chi connectivity index (χ2n) is 6.02. The number of aliphatic hydroxyl groups excluding tert-OH is 3. The molecule has 9 heteroatoms. The predicted molar refractivity (Wildman–Crippen MR) is 91.9 cm³/mol. The van der Waals surface area contributed by atoms with Crippen LogP contribution in [0.5, 0.6) is 5.75 Å². The Hall–Kier alpha value is -2.30. The number of ether oxygens (including phenoxy) is 3. The van der Waals surface area contributed by atoms with Crippen LogP contribution in [0.2, 0.25) is 0 Å². The second-order valence-corrected chi connectivity index (χ2v) is 6.02. The summed E-state index contributed by atoms with van der Waals surface area (Å²) in [6, 6.07) is 6.96. The van der Waals surface area contributed by atoms with Crippen LogP contribution in [-0.4, -0.2) is 76.1 Å². The second kappa shape index (κ2) is 9.07. The Kier molecular flexibility index (Phi) is 7.05. The number of aliphatic hydroxyl groups is 3. The highest BCUT2D eigenvalue weighted by atomic mass is 16.7. The third-order valence-corrected chi connectivity index (χ3v) is 4.11. The van der Waals surface area contributed by atoms with Crippen molar-refractivity contribution in [1.82, 2.24) is 0 Å². The first-order valence-corrected chi connectivity index (χ1v) is 8.18. The van der Waals surface area contributed by atoms with Crippen molar-refractivity contribution < 1.29 is 44.2 Å². The van der Waals surface area contributed by atoms with Crippen LogP contribution in [0.1, 0.15) is 12.5 Å². The minimum atomic E-state index is -1.82. The lowest BCUT2D eigenvalue weighted by atomic mass is 9.99. The molecule has 1 fully saturated rings. The SMILES string of the molecule is COc1ccc(/C=C/C(=O)C(C)OC2OC(C(=O)O)C(O)C(O)C2O)cc1. The van der Waals surface area contributed by atoms with Crippen LogP contribution in [0.15, 0.2) is 30.3 Å². The van der Waals surface area contributed by atoms with Gasteiger partial charge in [-0.05, 0) is 30.7 Å². The molecule has 1 saturated heterocycles. The normalized spacial score (nSPS) is 29.4. The maximum absolute atomic E-state index is 12.2. The average Bonchev–Trinajstić information content (AvgIpc) is 2.66. The molecule has 1 aliphatic heterocycles. The van der Waals surface area contributed by atoms with Crippen molar-refractivity contribution in [3.05, 3.63) is 35.9 Å². The van der Waals surface area contributed by atoms with E-state index in [1.54, 1.807) is 37.5 Å². The monoisotopic (exact) mass is 382 g/mol. The molecular weight excluding hydrogens is 360 g/mol. The van der Waals surface area contributed by atoms with Crippen LogP contribution in [0.3, 0.4) is 0 Å². The first kappa shape index (κ1) is 21.0. The van der Waals surface area contributed by atoms with Gasteiger partial charge >= 0.3 is 5.97 Å². The Morgan fingerprint density at radius 1 is 1.11 bits per heavy atom. The van der Waals surface area contributed by atoms with Gasteiger partial charge in [-0.15, -0.1) is 0 Å². The summed E-state index contributed by atoms with van der Waals surface area (Å²) in [6.07, 6.45) is -6.96. The molecule has 2 rings (SSSR count). The van der Waals surface area contributed by atoms with Crippen LogP contribution in [0, 0.1) is 0 Å². The van der Waals surface area contributed by atoms with Crippen LogP contribution in [0.4, 0.5) is 0 Å². The zero-order valence-electron chi connectivity index (χ0n) is 14.8. The van der Waals surface area contributed by atoms with Gasteiger partial charge in [0.25, 0.3) is 0 Å². The molecule has 0 saturated carbocycles. The van der Waals surface area contributed by atoms with E-state index >= 15 is 0 Å².